The molecule has 1 atom stereocenters. The lowest BCUT2D eigenvalue weighted by Crippen LogP contribution is -2.30. The van der Waals surface area contributed by atoms with Crippen molar-refractivity contribution in [3.05, 3.63) is 11.9 Å². The molecule has 21 heavy (non-hydrogen) atoms. The Morgan fingerprint density at radius 1 is 1.33 bits per heavy atom. The van der Waals surface area contributed by atoms with Crippen LogP contribution in [-0.4, -0.2) is 40.3 Å². The van der Waals surface area contributed by atoms with Crippen molar-refractivity contribution in [3.63, 3.8) is 0 Å². The van der Waals surface area contributed by atoms with Crippen LogP contribution in [0, 0.1) is 0 Å². The van der Waals surface area contributed by atoms with E-state index < -0.39 is 5.60 Å². The second-order valence-electron chi connectivity index (χ2n) is 6.48. The van der Waals surface area contributed by atoms with E-state index in [1.54, 1.807) is 6.33 Å². The summed E-state index contributed by atoms with van der Waals surface area (Å²) < 4.78 is 0. The van der Waals surface area contributed by atoms with Crippen LogP contribution in [0.1, 0.15) is 58.4 Å². The molecule has 0 aromatic carbocycles. The van der Waals surface area contributed by atoms with Crippen LogP contribution in [0.4, 0.5) is 11.6 Å². The Kier molecular flexibility index (Phi) is 5.04. The summed E-state index contributed by atoms with van der Waals surface area (Å²) in [5.74, 6) is 2.32. The van der Waals surface area contributed by atoms with E-state index in [0.29, 0.717) is 5.92 Å². The van der Waals surface area contributed by atoms with Crippen molar-refractivity contribution in [2.45, 2.75) is 58.5 Å². The van der Waals surface area contributed by atoms with Gasteiger partial charge in [-0.2, -0.15) is 0 Å². The summed E-state index contributed by atoms with van der Waals surface area (Å²) in [6, 6.07) is 0. The van der Waals surface area contributed by atoms with Crippen molar-refractivity contribution >= 4 is 11.6 Å². The zero-order valence-corrected chi connectivity index (χ0v) is 13.7. The van der Waals surface area contributed by atoms with Crippen LogP contribution in [0.15, 0.2) is 6.33 Å². The molecule has 1 saturated heterocycles. The molecule has 0 amide bonds. The summed E-state index contributed by atoms with van der Waals surface area (Å²) in [4.78, 5) is 11.3. The smallest absolute Gasteiger partial charge is 0.137 e. The Balaban J connectivity index is 2.32. The number of rotatable bonds is 4. The van der Waals surface area contributed by atoms with Crippen LogP contribution in [0.3, 0.4) is 0 Å². The summed E-state index contributed by atoms with van der Waals surface area (Å²) in [6.45, 7) is 11.0. The van der Waals surface area contributed by atoms with Gasteiger partial charge in [-0.05, 0) is 39.0 Å². The third-order valence-corrected chi connectivity index (χ3v) is 4.15. The van der Waals surface area contributed by atoms with Crippen LogP contribution in [0.5, 0.6) is 0 Å². The molecule has 0 aliphatic carbocycles. The Morgan fingerprint density at radius 2 is 2.10 bits per heavy atom. The van der Waals surface area contributed by atoms with Gasteiger partial charge in [-0.3, -0.25) is 0 Å². The Bertz CT molecular complexity index is 473. The molecule has 2 rings (SSSR count). The highest BCUT2D eigenvalue weighted by atomic mass is 16.3. The predicted octanol–water partition coefficient (Wildman–Crippen LogP) is 2.77. The first-order chi connectivity index (χ1) is 9.94. The third kappa shape index (κ3) is 3.84. The molecule has 0 spiro atoms. The maximum absolute atomic E-state index is 10.3. The third-order valence-electron chi connectivity index (χ3n) is 4.15. The number of anilines is 2. The average molecular weight is 292 g/mol. The number of nitrogens with one attached hydrogen (secondary N) is 1. The molecule has 2 N–H and O–H groups in total. The van der Waals surface area contributed by atoms with Gasteiger partial charge in [0.2, 0.25) is 0 Å². The second kappa shape index (κ2) is 6.60. The van der Waals surface area contributed by atoms with Crippen LogP contribution in [0.2, 0.25) is 0 Å². The van der Waals surface area contributed by atoms with Gasteiger partial charge in [0, 0.05) is 25.2 Å². The molecule has 2 heterocycles. The Morgan fingerprint density at radius 3 is 2.76 bits per heavy atom. The Hall–Kier alpha value is -1.36. The molecular weight excluding hydrogens is 264 g/mol. The molecule has 1 fully saturated rings. The standard InChI is InChI=1S/C16H28N4O/c1-5-17-14-13(12(2)3)15(19-11-18-14)20-9-6-7-16(4,21)8-10-20/h11-12,21H,5-10H2,1-4H3,(H,17,18,19). The van der Waals surface area contributed by atoms with Crippen molar-refractivity contribution in [2.75, 3.05) is 29.9 Å². The van der Waals surface area contributed by atoms with Crippen LogP contribution in [0.25, 0.3) is 0 Å². The summed E-state index contributed by atoms with van der Waals surface area (Å²) in [5.41, 5.74) is 0.630. The molecule has 0 saturated carbocycles. The lowest BCUT2D eigenvalue weighted by Gasteiger charge is -2.27. The first-order valence-electron chi connectivity index (χ1n) is 8.00. The topological polar surface area (TPSA) is 61.3 Å². The minimum Gasteiger partial charge on any atom is -0.390 e. The van der Waals surface area contributed by atoms with Gasteiger partial charge >= 0.3 is 0 Å². The molecule has 0 radical (unpaired) electrons. The summed E-state index contributed by atoms with van der Waals surface area (Å²) >= 11 is 0. The van der Waals surface area contributed by atoms with Gasteiger partial charge in [0.05, 0.1) is 5.60 Å². The lowest BCUT2D eigenvalue weighted by atomic mass is 9.98. The van der Waals surface area contributed by atoms with Crippen LogP contribution in [-0.2, 0) is 0 Å². The lowest BCUT2D eigenvalue weighted by molar-refractivity contribution is 0.0481. The van der Waals surface area contributed by atoms with Crippen molar-refractivity contribution < 1.29 is 5.11 Å². The number of hydrogen-bond acceptors (Lipinski definition) is 5. The maximum atomic E-state index is 10.3. The normalized spacial score (nSPS) is 23.2. The van der Waals surface area contributed by atoms with Crippen molar-refractivity contribution in [2.24, 2.45) is 0 Å². The molecule has 5 nitrogen and oxygen atoms in total. The average Bonchev–Trinajstić information content (AvgIpc) is 2.59. The maximum Gasteiger partial charge on any atom is 0.137 e. The molecule has 0 bridgehead atoms. The number of aliphatic hydroxyl groups is 1. The zero-order valence-electron chi connectivity index (χ0n) is 13.7. The molecule has 1 aromatic heterocycles. The van der Waals surface area contributed by atoms with E-state index in [4.69, 9.17) is 0 Å². The molecule has 1 unspecified atom stereocenters. The highest BCUT2D eigenvalue weighted by Crippen LogP contribution is 2.33. The first-order valence-corrected chi connectivity index (χ1v) is 8.00. The minimum atomic E-state index is -0.551. The van der Waals surface area contributed by atoms with E-state index in [1.807, 2.05) is 6.92 Å². The van der Waals surface area contributed by atoms with Crippen LogP contribution < -0.4 is 10.2 Å². The SMILES string of the molecule is CCNc1ncnc(N2CCCC(C)(O)CC2)c1C(C)C. The van der Waals surface area contributed by atoms with E-state index in [-0.39, 0.29) is 0 Å². The minimum absolute atomic E-state index is 0.360. The summed E-state index contributed by atoms with van der Waals surface area (Å²) in [7, 11) is 0. The molecule has 1 aromatic rings. The quantitative estimate of drug-likeness (QED) is 0.893. The van der Waals surface area contributed by atoms with Crippen molar-refractivity contribution in [1.82, 2.24) is 9.97 Å². The van der Waals surface area contributed by atoms with Gasteiger partial charge < -0.3 is 15.3 Å². The van der Waals surface area contributed by atoms with Gasteiger partial charge in [0.25, 0.3) is 0 Å². The molecule has 1 aliphatic heterocycles. The van der Waals surface area contributed by atoms with Gasteiger partial charge in [-0.15, -0.1) is 0 Å². The van der Waals surface area contributed by atoms with Crippen LogP contribution >= 0.6 is 0 Å². The van der Waals surface area contributed by atoms with Crippen molar-refractivity contribution in [1.29, 1.82) is 0 Å². The molecule has 118 valence electrons. The number of aromatic nitrogens is 2. The monoisotopic (exact) mass is 292 g/mol. The molecule has 1 aliphatic rings. The van der Waals surface area contributed by atoms with E-state index in [1.165, 1.54) is 5.56 Å². The number of nitrogens with zero attached hydrogens (tertiary/aromatic N) is 3. The highest BCUT2D eigenvalue weighted by molar-refractivity contribution is 5.60. The van der Waals surface area contributed by atoms with Crippen molar-refractivity contribution in [3.8, 4) is 0 Å². The second-order valence-corrected chi connectivity index (χ2v) is 6.48. The van der Waals surface area contributed by atoms with Gasteiger partial charge in [0.15, 0.2) is 0 Å². The first kappa shape index (κ1) is 16.0. The fourth-order valence-corrected chi connectivity index (χ4v) is 2.95. The van der Waals surface area contributed by atoms with Gasteiger partial charge in [0.1, 0.15) is 18.0 Å². The fraction of sp³-hybridized carbons (Fsp3) is 0.750. The van der Waals surface area contributed by atoms with Gasteiger partial charge in [-0.25, -0.2) is 9.97 Å². The van der Waals surface area contributed by atoms with E-state index in [9.17, 15) is 5.11 Å². The number of hydrogen-bond donors (Lipinski definition) is 2. The Labute approximate surface area is 127 Å². The summed E-state index contributed by atoms with van der Waals surface area (Å²) in [6.07, 6.45) is 4.27. The molecular formula is C16H28N4O. The molecule has 5 heteroatoms. The highest BCUT2D eigenvalue weighted by Gasteiger charge is 2.27. The summed E-state index contributed by atoms with van der Waals surface area (Å²) in [5, 5.41) is 13.6. The largest absolute Gasteiger partial charge is 0.390 e. The van der Waals surface area contributed by atoms with E-state index in [2.05, 4.69) is 41.0 Å². The van der Waals surface area contributed by atoms with Gasteiger partial charge in [-0.1, -0.05) is 13.8 Å². The fourth-order valence-electron chi connectivity index (χ4n) is 2.95. The van der Waals surface area contributed by atoms with E-state index in [0.717, 1.165) is 50.5 Å². The predicted molar refractivity (Wildman–Crippen MR) is 87.0 cm³/mol. The zero-order chi connectivity index (χ0) is 15.5. The van der Waals surface area contributed by atoms with E-state index >= 15 is 0 Å².